The summed E-state index contributed by atoms with van der Waals surface area (Å²) in [5, 5.41) is 6.86. The summed E-state index contributed by atoms with van der Waals surface area (Å²) < 4.78 is 12.7. The van der Waals surface area contributed by atoms with E-state index in [0.29, 0.717) is 23.8 Å². The zero-order valence-corrected chi connectivity index (χ0v) is 17.7. The van der Waals surface area contributed by atoms with Crippen LogP contribution >= 0.6 is 0 Å². The molecule has 1 atom stereocenters. The van der Waals surface area contributed by atoms with E-state index in [2.05, 4.69) is 15.4 Å². The number of carbonyl (C=O) groups excluding carboxylic acids is 2. The topological polar surface area (TPSA) is 98.6 Å². The largest absolute Gasteiger partial charge is 0.493 e. The summed E-state index contributed by atoms with van der Waals surface area (Å²) >= 11 is 0. The third kappa shape index (κ3) is 5.81. The van der Waals surface area contributed by atoms with Crippen LogP contribution in [0.2, 0.25) is 0 Å². The van der Waals surface area contributed by atoms with Crippen LogP contribution in [0.1, 0.15) is 18.5 Å². The zero-order valence-electron chi connectivity index (χ0n) is 17.7. The fourth-order valence-electron chi connectivity index (χ4n) is 2.94. The number of hydrogen-bond donors (Lipinski definition) is 1. The molecular weight excluding hydrogens is 398 g/mol. The lowest BCUT2D eigenvalue weighted by atomic mass is 10.2. The highest BCUT2D eigenvalue weighted by Gasteiger charge is 2.21. The molecule has 0 aliphatic heterocycles. The van der Waals surface area contributed by atoms with E-state index in [9.17, 15) is 9.59 Å². The predicted molar refractivity (Wildman–Crippen MR) is 115 cm³/mol. The maximum Gasteiger partial charge on any atom is 0.247 e. The van der Waals surface area contributed by atoms with E-state index in [1.807, 2.05) is 12.1 Å². The fourth-order valence-corrected chi connectivity index (χ4v) is 2.94. The van der Waals surface area contributed by atoms with E-state index >= 15 is 0 Å². The molecule has 0 saturated heterocycles. The minimum atomic E-state index is -0.498. The molecule has 0 fully saturated rings. The average molecular weight is 423 g/mol. The second-order valence-corrected chi connectivity index (χ2v) is 6.91. The van der Waals surface area contributed by atoms with Gasteiger partial charge in [-0.3, -0.25) is 19.3 Å². The Balaban J connectivity index is 1.60. The molecule has 0 spiro atoms. The van der Waals surface area contributed by atoms with Gasteiger partial charge < -0.3 is 19.7 Å². The molecule has 162 valence electrons. The summed E-state index contributed by atoms with van der Waals surface area (Å²) in [5.74, 6) is 0.505. The normalized spacial score (nSPS) is 11.5. The number of nitrogens with zero attached hydrogens (tertiary/aromatic N) is 4. The van der Waals surface area contributed by atoms with Crippen molar-refractivity contribution in [2.75, 3.05) is 26.0 Å². The first kappa shape index (κ1) is 21.8. The van der Waals surface area contributed by atoms with Crippen LogP contribution in [0.25, 0.3) is 0 Å². The number of methoxy groups -OCH3 is 1. The van der Waals surface area contributed by atoms with E-state index < -0.39 is 6.04 Å². The number of carbonyl (C=O) groups is 2. The first-order valence-corrected chi connectivity index (χ1v) is 9.71. The molecule has 1 aromatic carbocycles. The Labute approximate surface area is 180 Å². The van der Waals surface area contributed by atoms with Gasteiger partial charge in [-0.1, -0.05) is 0 Å². The highest BCUT2D eigenvalue weighted by Crippen LogP contribution is 2.31. The lowest BCUT2D eigenvalue weighted by Gasteiger charge is -2.21. The molecule has 3 rings (SSSR count). The van der Waals surface area contributed by atoms with Crippen LogP contribution in [-0.4, -0.2) is 52.2 Å². The van der Waals surface area contributed by atoms with Crippen molar-refractivity contribution < 1.29 is 19.1 Å². The van der Waals surface area contributed by atoms with Crippen molar-refractivity contribution in [2.24, 2.45) is 0 Å². The predicted octanol–water partition coefficient (Wildman–Crippen LogP) is 2.52. The third-order valence-electron chi connectivity index (χ3n) is 4.63. The standard InChI is InChI=1S/C22H25N5O4/c1-16(27-12-4-9-24-27)22(29)26(2)14-21(28)25-18-5-6-19(30-3)20(13-18)31-15-17-7-10-23-11-8-17/h4-13,16H,14-15H2,1-3H3,(H,25,28)/t16-/m0/s1. The van der Waals surface area contributed by atoms with E-state index in [0.717, 1.165) is 5.56 Å². The van der Waals surface area contributed by atoms with Crippen molar-refractivity contribution in [2.45, 2.75) is 19.6 Å². The van der Waals surface area contributed by atoms with E-state index in [-0.39, 0.29) is 18.4 Å². The van der Waals surface area contributed by atoms with Gasteiger partial charge >= 0.3 is 0 Å². The van der Waals surface area contributed by atoms with Crippen LogP contribution in [0.4, 0.5) is 5.69 Å². The van der Waals surface area contributed by atoms with Gasteiger partial charge in [-0.25, -0.2) is 0 Å². The quantitative estimate of drug-likeness (QED) is 0.568. The van der Waals surface area contributed by atoms with Crippen molar-refractivity contribution >= 4 is 17.5 Å². The minimum absolute atomic E-state index is 0.0936. The van der Waals surface area contributed by atoms with Crippen molar-refractivity contribution in [3.05, 3.63) is 66.7 Å². The van der Waals surface area contributed by atoms with Crippen LogP contribution in [0.3, 0.4) is 0 Å². The molecule has 3 aromatic rings. The first-order chi connectivity index (χ1) is 15.0. The Morgan fingerprint density at radius 3 is 2.61 bits per heavy atom. The van der Waals surface area contributed by atoms with E-state index in [1.54, 1.807) is 74.8 Å². The van der Waals surface area contributed by atoms with Gasteiger partial charge in [0.1, 0.15) is 12.6 Å². The highest BCUT2D eigenvalue weighted by atomic mass is 16.5. The smallest absolute Gasteiger partial charge is 0.247 e. The molecule has 2 heterocycles. The van der Waals surface area contributed by atoms with Gasteiger partial charge in [0.25, 0.3) is 0 Å². The summed E-state index contributed by atoms with van der Waals surface area (Å²) in [7, 11) is 3.13. The van der Waals surface area contributed by atoms with Crippen molar-refractivity contribution in [1.29, 1.82) is 0 Å². The fraction of sp³-hybridized carbons (Fsp3) is 0.273. The number of likely N-dealkylation sites (N-methyl/N-ethyl adjacent to an activating group) is 1. The minimum Gasteiger partial charge on any atom is -0.493 e. The number of anilines is 1. The number of hydrogen-bond acceptors (Lipinski definition) is 6. The van der Waals surface area contributed by atoms with Crippen molar-refractivity contribution in [3.63, 3.8) is 0 Å². The number of nitrogens with one attached hydrogen (secondary N) is 1. The average Bonchev–Trinajstić information content (AvgIpc) is 3.32. The van der Waals surface area contributed by atoms with Crippen molar-refractivity contribution in [3.8, 4) is 11.5 Å². The van der Waals surface area contributed by atoms with Crippen LogP contribution in [0.5, 0.6) is 11.5 Å². The Morgan fingerprint density at radius 2 is 1.94 bits per heavy atom. The maximum atomic E-state index is 12.5. The molecule has 9 nitrogen and oxygen atoms in total. The first-order valence-electron chi connectivity index (χ1n) is 9.71. The zero-order chi connectivity index (χ0) is 22.2. The molecule has 1 N–H and O–H groups in total. The molecule has 0 radical (unpaired) electrons. The van der Waals surface area contributed by atoms with Gasteiger partial charge in [0, 0.05) is 43.6 Å². The molecule has 0 bridgehead atoms. The monoisotopic (exact) mass is 423 g/mol. The van der Waals surface area contributed by atoms with Crippen LogP contribution in [0.15, 0.2) is 61.2 Å². The number of ether oxygens (including phenoxy) is 2. The van der Waals surface area contributed by atoms with Gasteiger partial charge in [-0.2, -0.15) is 5.10 Å². The number of pyridine rings is 1. The molecule has 31 heavy (non-hydrogen) atoms. The second-order valence-electron chi connectivity index (χ2n) is 6.91. The maximum absolute atomic E-state index is 12.5. The Kier molecular flexibility index (Phi) is 7.21. The van der Waals surface area contributed by atoms with Gasteiger partial charge in [0.05, 0.1) is 13.7 Å². The van der Waals surface area contributed by atoms with Crippen LogP contribution < -0.4 is 14.8 Å². The second kappa shape index (κ2) is 10.2. The summed E-state index contributed by atoms with van der Waals surface area (Å²) in [6, 6.07) is 10.1. The van der Waals surface area contributed by atoms with Crippen LogP contribution in [0, 0.1) is 0 Å². The van der Waals surface area contributed by atoms with Gasteiger partial charge in [0.15, 0.2) is 11.5 Å². The molecule has 0 aliphatic carbocycles. The van der Waals surface area contributed by atoms with Crippen molar-refractivity contribution in [1.82, 2.24) is 19.7 Å². The van der Waals surface area contributed by atoms with Gasteiger partial charge in [-0.05, 0) is 42.8 Å². The molecule has 2 aromatic heterocycles. The summed E-state index contributed by atoms with van der Waals surface area (Å²) in [6.45, 7) is 1.97. The Morgan fingerprint density at radius 1 is 1.16 bits per heavy atom. The number of amides is 2. The molecule has 2 amide bonds. The van der Waals surface area contributed by atoms with E-state index in [1.165, 1.54) is 4.90 Å². The molecule has 0 aliphatic rings. The Hall–Kier alpha value is -3.88. The molecule has 0 saturated carbocycles. The molecule has 9 heteroatoms. The highest BCUT2D eigenvalue weighted by molar-refractivity contribution is 5.95. The molecule has 0 unspecified atom stereocenters. The van der Waals surface area contributed by atoms with Gasteiger partial charge in [-0.15, -0.1) is 0 Å². The number of benzene rings is 1. The summed E-state index contributed by atoms with van der Waals surface area (Å²) in [6.07, 6.45) is 6.70. The van der Waals surface area contributed by atoms with Crippen LogP contribution in [-0.2, 0) is 16.2 Å². The lowest BCUT2D eigenvalue weighted by molar-refractivity contribution is -0.136. The summed E-state index contributed by atoms with van der Waals surface area (Å²) in [4.78, 5) is 30.4. The number of rotatable bonds is 9. The summed E-state index contributed by atoms with van der Waals surface area (Å²) in [5.41, 5.74) is 1.49. The van der Waals surface area contributed by atoms with Gasteiger partial charge in [0.2, 0.25) is 11.8 Å². The third-order valence-corrected chi connectivity index (χ3v) is 4.63. The van der Waals surface area contributed by atoms with E-state index in [4.69, 9.17) is 9.47 Å². The Bertz CT molecular complexity index is 1010. The lowest BCUT2D eigenvalue weighted by Crippen LogP contribution is -2.38. The number of aromatic nitrogens is 3. The SMILES string of the molecule is COc1ccc(NC(=O)CN(C)C(=O)[C@H](C)n2cccn2)cc1OCc1ccncc1. The molecular formula is C22H25N5O4.